The predicted molar refractivity (Wildman–Crippen MR) is 45.0 cm³/mol. The number of nitrogens with zero attached hydrogens (tertiary/aromatic N) is 1. The van der Waals surface area contributed by atoms with Crippen LogP contribution in [-0.4, -0.2) is 11.0 Å². The van der Waals surface area contributed by atoms with Crippen molar-refractivity contribution in [3.8, 4) is 0 Å². The van der Waals surface area contributed by atoms with Crippen molar-refractivity contribution < 1.29 is 5.21 Å². The molecule has 0 aliphatic heterocycles. The van der Waals surface area contributed by atoms with Gasteiger partial charge in [-0.05, 0) is 19.1 Å². The van der Waals surface area contributed by atoms with E-state index >= 15 is 0 Å². The summed E-state index contributed by atoms with van der Waals surface area (Å²) in [7, 11) is 0. The highest BCUT2D eigenvalue weighted by Crippen LogP contribution is 2.04. The van der Waals surface area contributed by atoms with E-state index in [1.54, 1.807) is 6.92 Å². The number of para-hydroxylation sites is 1. The van der Waals surface area contributed by atoms with Gasteiger partial charge in [-0.2, -0.15) is 0 Å². The van der Waals surface area contributed by atoms with E-state index in [1.165, 1.54) is 0 Å². The Morgan fingerprint density at radius 2 is 2.00 bits per heavy atom. The van der Waals surface area contributed by atoms with E-state index in [2.05, 4.69) is 10.5 Å². The van der Waals surface area contributed by atoms with Crippen LogP contribution >= 0.6 is 0 Å². The van der Waals surface area contributed by atoms with Crippen molar-refractivity contribution in [3.63, 3.8) is 0 Å². The minimum absolute atomic E-state index is 0.483. The third-order valence-corrected chi connectivity index (χ3v) is 1.25. The van der Waals surface area contributed by atoms with Crippen LogP contribution in [0.2, 0.25) is 0 Å². The molecule has 0 heterocycles. The quantitative estimate of drug-likeness (QED) is 0.278. The molecule has 0 unspecified atom stereocenters. The highest BCUT2D eigenvalue weighted by Gasteiger charge is 1.90. The lowest BCUT2D eigenvalue weighted by atomic mass is 10.3. The number of hydrogen-bond donors (Lipinski definition) is 2. The van der Waals surface area contributed by atoms with Gasteiger partial charge in [-0.1, -0.05) is 23.4 Å². The molecule has 0 bridgehead atoms. The molecule has 3 nitrogen and oxygen atoms in total. The van der Waals surface area contributed by atoms with Crippen molar-refractivity contribution in [1.82, 2.24) is 0 Å². The molecule has 58 valence electrons. The van der Waals surface area contributed by atoms with E-state index in [9.17, 15) is 0 Å². The monoisotopic (exact) mass is 150 g/mol. The number of oxime groups is 1. The molecule has 0 saturated heterocycles. The normalized spacial score (nSPS) is 11.2. The van der Waals surface area contributed by atoms with Crippen LogP contribution in [0.25, 0.3) is 0 Å². The van der Waals surface area contributed by atoms with Gasteiger partial charge in [0.2, 0.25) is 0 Å². The molecular weight excluding hydrogens is 140 g/mol. The first-order valence-corrected chi connectivity index (χ1v) is 3.33. The fourth-order valence-electron chi connectivity index (χ4n) is 0.755. The molecule has 2 N–H and O–H groups in total. The topological polar surface area (TPSA) is 44.6 Å². The van der Waals surface area contributed by atoms with Crippen molar-refractivity contribution in [3.05, 3.63) is 30.3 Å². The van der Waals surface area contributed by atoms with Crippen LogP contribution in [0.3, 0.4) is 0 Å². The average molecular weight is 150 g/mol. The number of hydrogen-bond acceptors (Lipinski definition) is 2. The molecule has 0 saturated carbocycles. The molecule has 0 spiro atoms. The van der Waals surface area contributed by atoms with Crippen molar-refractivity contribution in [2.45, 2.75) is 6.92 Å². The number of nitrogens with one attached hydrogen (secondary N) is 1. The lowest BCUT2D eigenvalue weighted by Crippen LogP contribution is -2.06. The van der Waals surface area contributed by atoms with Crippen LogP contribution in [-0.2, 0) is 0 Å². The van der Waals surface area contributed by atoms with Gasteiger partial charge in [-0.15, -0.1) is 0 Å². The van der Waals surface area contributed by atoms with Crippen molar-refractivity contribution in [1.29, 1.82) is 0 Å². The summed E-state index contributed by atoms with van der Waals surface area (Å²) in [5.41, 5.74) is 0.919. The van der Waals surface area contributed by atoms with Crippen LogP contribution in [0.4, 0.5) is 5.69 Å². The summed E-state index contributed by atoms with van der Waals surface area (Å²) in [4.78, 5) is 0. The summed E-state index contributed by atoms with van der Waals surface area (Å²) < 4.78 is 0. The fourth-order valence-corrected chi connectivity index (χ4v) is 0.755. The van der Waals surface area contributed by atoms with E-state index in [-0.39, 0.29) is 0 Å². The Hall–Kier alpha value is -1.51. The molecule has 11 heavy (non-hydrogen) atoms. The largest absolute Gasteiger partial charge is 0.409 e. The van der Waals surface area contributed by atoms with Crippen LogP contribution < -0.4 is 5.32 Å². The van der Waals surface area contributed by atoms with Crippen LogP contribution in [0.1, 0.15) is 6.92 Å². The smallest absolute Gasteiger partial charge is 0.142 e. The molecule has 0 aromatic heterocycles. The second kappa shape index (κ2) is 3.61. The summed E-state index contributed by atoms with van der Waals surface area (Å²) in [5, 5.41) is 14.2. The summed E-state index contributed by atoms with van der Waals surface area (Å²) in [6.45, 7) is 1.69. The Labute approximate surface area is 65.4 Å². The van der Waals surface area contributed by atoms with E-state index in [0.717, 1.165) is 5.69 Å². The molecule has 0 aliphatic rings. The van der Waals surface area contributed by atoms with Gasteiger partial charge in [-0.25, -0.2) is 0 Å². The third-order valence-electron chi connectivity index (χ3n) is 1.25. The predicted octanol–water partition coefficient (Wildman–Crippen LogP) is 1.91. The molecule has 1 aromatic rings. The number of amidine groups is 1. The second-order valence-corrected chi connectivity index (χ2v) is 2.18. The molecular formula is C8H10N2O. The fraction of sp³-hybridized carbons (Fsp3) is 0.125. The zero-order valence-corrected chi connectivity index (χ0v) is 6.28. The van der Waals surface area contributed by atoms with Gasteiger partial charge in [0.1, 0.15) is 5.84 Å². The van der Waals surface area contributed by atoms with Gasteiger partial charge >= 0.3 is 0 Å². The summed E-state index contributed by atoms with van der Waals surface area (Å²) in [6.07, 6.45) is 0. The number of benzene rings is 1. The molecule has 0 aliphatic carbocycles. The van der Waals surface area contributed by atoms with Gasteiger partial charge in [0, 0.05) is 5.69 Å². The zero-order valence-electron chi connectivity index (χ0n) is 6.28. The minimum Gasteiger partial charge on any atom is -0.409 e. The summed E-state index contributed by atoms with van der Waals surface area (Å²) >= 11 is 0. The Kier molecular flexibility index (Phi) is 2.49. The highest BCUT2D eigenvalue weighted by atomic mass is 16.4. The van der Waals surface area contributed by atoms with E-state index in [4.69, 9.17) is 5.21 Å². The number of rotatable bonds is 1. The molecule has 3 heteroatoms. The first-order chi connectivity index (χ1) is 5.33. The lowest BCUT2D eigenvalue weighted by molar-refractivity contribution is 0.318. The van der Waals surface area contributed by atoms with E-state index in [1.807, 2.05) is 30.3 Å². The summed E-state index contributed by atoms with van der Waals surface area (Å²) in [6, 6.07) is 9.54. The van der Waals surface area contributed by atoms with Gasteiger partial charge in [0.25, 0.3) is 0 Å². The minimum atomic E-state index is 0.483. The van der Waals surface area contributed by atoms with Gasteiger partial charge < -0.3 is 10.5 Å². The van der Waals surface area contributed by atoms with Crippen molar-refractivity contribution >= 4 is 11.5 Å². The second-order valence-electron chi connectivity index (χ2n) is 2.18. The maximum absolute atomic E-state index is 8.32. The average Bonchev–Trinajstić information content (AvgIpc) is 2.06. The molecule has 1 rings (SSSR count). The van der Waals surface area contributed by atoms with E-state index < -0.39 is 0 Å². The molecule has 0 fully saturated rings. The SMILES string of the molecule is CC(=NO)Nc1ccccc1. The maximum atomic E-state index is 8.32. The summed E-state index contributed by atoms with van der Waals surface area (Å²) in [5.74, 6) is 0.483. The van der Waals surface area contributed by atoms with Crippen molar-refractivity contribution in [2.24, 2.45) is 5.16 Å². The van der Waals surface area contributed by atoms with Crippen molar-refractivity contribution in [2.75, 3.05) is 5.32 Å². The molecule has 0 atom stereocenters. The Balaban J connectivity index is 2.65. The van der Waals surface area contributed by atoms with Crippen LogP contribution in [0.15, 0.2) is 35.5 Å². The van der Waals surface area contributed by atoms with Gasteiger partial charge in [-0.3, -0.25) is 0 Å². The molecule has 0 radical (unpaired) electrons. The van der Waals surface area contributed by atoms with Gasteiger partial charge in [0.15, 0.2) is 0 Å². The standard InChI is InChI=1S/C8H10N2O/c1-7(10-11)9-8-5-3-2-4-6-8/h2-6,11H,1H3,(H,9,10). The first kappa shape index (κ1) is 7.60. The van der Waals surface area contributed by atoms with E-state index in [0.29, 0.717) is 5.84 Å². The molecule has 0 amide bonds. The zero-order chi connectivity index (χ0) is 8.10. The van der Waals surface area contributed by atoms with Gasteiger partial charge in [0.05, 0.1) is 0 Å². The Morgan fingerprint density at radius 3 is 2.55 bits per heavy atom. The highest BCUT2D eigenvalue weighted by molar-refractivity contribution is 5.92. The third kappa shape index (κ3) is 2.29. The Bertz CT molecular complexity index is 244. The number of anilines is 1. The van der Waals surface area contributed by atoms with Crippen LogP contribution in [0.5, 0.6) is 0 Å². The first-order valence-electron chi connectivity index (χ1n) is 3.33. The Morgan fingerprint density at radius 1 is 1.36 bits per heavy atom. The molecule has 1 aromatic carbocycles. The lowest BCUT2D eigenvalue weighted by Gasteiger charge is -2.01. The maximum Gasteiger partial charge on any atom is 0.142 e. The van der Waals surface area contributed by atoms with Crippen LogP contribution in [0, 0.1) is 0 Å².